The molecule has 0 spiro atoms. The molecule has 2 aromatic rings. The number of carbonyl (C=O) groups is 2. The van der Waals surface area contributed by atoms with Crippen molar-refractivity contribution in [3.05, 3.63) is 44.5 Å². The predicted octanol–water partition coefficient (Wildman–Crippen LogP) is 3.69. The van der Waals surface area contributed by atoms with Crippen molar-refractivity contribution in [2.45, 2.75) is 59.7 Å². The summed E-state index contributed by atoms with van der Waals surface area (Å²) in [5, 5.41) is 20.7. The summed E-state index contributed by atoms with van der Waals surface area (Å²) in [5.41, 5.74) is -0.513. The molecule has 0 unspecified atom stereocenters. The molecule has 3 rings (SSSR count). The lowest BCUT2D eigenvalue weighted by atomic mass is 10.1. The lowest BCUT2D eigenvalue weighted by molar-refractivity contribution is -0.279. The van der Waals surface area contributed by atoms with Gasteiger partial charge in [-0.2, -0.15) is 0 Å². The highest BCUT2D eigenvalue weighted by Crippen LogP contribution is 2.34. The zero-order chi connectivity index (χ0) is 22.9. The second kappa shape index (κ2) is 8.93. The minimum atomic E-state index is -0.639. The van der Waals surface area contributed by atoms with Crippen LogP contribution in [0.3, 0.4) is 0 Å². The first-order chi connectivity index (χ1) is 14.8. The zero-order valence-electron chi connectivity index (χ0n) is 17.9. The van der Waals surface area contributed by atoms with Gasteiger partial charge in [-0.3, -0.25) is 23.9 Å². The van der Waals surface area contributed by atoms with Crippen molar-refractivity contribution >= 4 is 35.4 Å². The van der Waals surface area contributed by atoms with Gasteiger partial charge in [-0.1, -0.05) is 19.9 Å². The molecule has 9 nitrogen and oxygen atoms in total. The van der Waals surface area contributed by atoms with Crippen LogP contribution in [0, 0.1) is 4.77 Å². The number of nitrogens with zero attached hydrogens (tertiary/aromatic N) is 5. The molecule has 10 heteroatoms. The van der Waals surface area contributed by atoms with Crippen molar-refractivity contribution in [2.75, 3.05) is 0 Å². The summed E-state index contributed by atoms with van der Waals surface area (Å²) in [4.78, 5) is 39.8. The van der Waals surface area contributed by atoms with Gasteiger partial charge in [0.1, 0.15) is 0 Å². The molecule has 0 aliphatic carbocycles. The average Bonchev–Trinajstić information content (AvgIpc) is 3.01. The number of imide groups is 1. The van der Waals surface area contributed by atoms with Crippen molar-refractivity contribution in [3.63, 3.8) is 0 Å². The molecule has 1 aromatic carbocycles. The summed E-state index contributed by atoms with van der Waals surface area (Å²) in [6, 6.07) is 4.47. The van der Waals surface area contributed by atoms with Crippen molar-refractivity contribution in [1.29, 1.82) is 0 Å². The average molecular weight is 443 g/mol. The number of amides is 2. The van der Waals surface area contributed by atoms with E-state index in [1.165, 1.54) is 20.1 Å². The monoisotopic (exact) mass is 442 g/mol. The van der Waals surface area contributed by atoms with Gasteiger partial charge < -0.3 is 9.67 Å². The third-order valence-corrected chi connectivity index (χ3v) is 5.92. The first kappa shape index (κ1) is 22.5. The summed E-state index contributed by atoms with van der Waals surface area (Å²) in [7, 11) is 0. The van der Waals surface area contributed by atoms with Gasteiger partial charge in [0.15, 0.2) is 10.5 Å². The van der Waals surface area contributed by atoms with Gasteiger partial charge in [0, 0.05) is 19.1 Å². The van der Waals surface area contributed by atoms with Gasteiger partial charge >= 0.3 is 0 Å². The van der Waals surface area contributed by atoms with E-state index in [0.717, 1.165) is 0 Å². The van der Waals surface area contributed by atoms with Crippen molar-refractivity contribution in [3.8, 4) is 5.88 Å². The van der Waals surface area contributed by atoms with Gasteiger partial charge in [-0.15, -0.1) is 10.2 Å². The molecule has 1 aliphatic heterocycles. The standard InChI is InChI=1S/C21H25N5O4S/c1-5-12(6-2)26-17(27)13-10-9-11-14(15(13)18(26)28)22-23-16-19(29)24(7-3)21(31)25(8-4)20(16)30/h9-12,29H,5-8H2,1-4H3/p-1. The fraction of sp³-hybridized carbons (Fsp3) is 0.429. The summed E-state index contributed by atoms with van der Waals surface area (Å²) in [6.45, 7) is 7.86. The van der Waals surface area contributed by atoms with E-state index in [1.54, 1.807) is 26.0 Å². The lowest BCUT2D eigenvalue weighted by Gasteiger charge is -2.23. The molecule has 0 N–H and O–H groups in total. The molecule has 0 saturated carbocycles. The largest absolute Gasteiger partial charge is 0.858 e. The molecule has 2 heterocycles. The molecule has 0 saturated heterocycles. The quantitative estimate of drug-likeness (QED) is 0.369. The fourth-order valence-corrected chi connectivity index (χ4v) is 4.19. The van der Waals surface area contributed by atoms with Crippen LogP contribution in [-0.2, 0) is 13.1 Å². The Morgan fingerprint density at radius 2 is 1.61 bits per heavy atom. The van der Waals surface area contributed by atoms with Crippen molar-refractivity contribution in [2.24, 2.45) is 10.2 Å². The second-order valence-electron chi connectivity index (χ2n) is 7.08. The molecule has 164 valence electrons. The van der Waals surface area contributed by atoms with Gasteiger partial charge in [0.2, 0.25) is 0 Å². The number of rotatable bonds is 7. The highest BCUT2D eigenvalue weighted by molar-refractivity contribution is 7.71. The van der Waals surface area contributed by atoms with E-state index in [9.17, 15) is 19.5 Å². The number of benzene rings is 1. The Hall–Kier alpha value is -3.14. The minimum absolute atomic E-state index is 0.126. The molecular formula is C21H24N5O4S-. The highest BCUT2D eigenvalue weighted by Gasteiger charge is 2.40. The summed E-state index contributed by atoms with van der Waals surface area (Å²) in [5.74, 6) is -1.46. The molecular weight excluding hydrogens is 418 g/mol. The van der Waals surface area contributed by atoms with Crippen LogP contribution < -0.4 is 10.7 Å². The van der Waals surface area contributed by atoms with Gasteiger partial charge in [0.25, 0.3) is 17.4 Å². The van der Waals surface area contributed by atoms with Crippen LogP contribution in [0.1, 0.15) is 61.3 Å². The maximum Gasteiger partial charge on any atom is 0.281 e. The topological polar surface area (TPSA) is 112 Å². The molecule has 0 atom stereocenters. The van der Waals surface area contributed by atoms with Crippen LogP contribution in [0.5, 0.6) is 5.88 Å². The molecule has 0 fully saturated rings. The first-order valence-electron chi connectivity index (χ1n) is 10.3. The van der Waals surface area contributed by atoms with Crippen molar-refractivity contribution in [1.82, 2.24) is 14.0 Å². The third kappa shape index (κ3) is 3.60. The maximum absolute atomic E-state index is 13.0. The lowest BCUT2D eigenvalue weighted by Crippen LogP contribution is -2.39. The Balaban J connectivity index is 2.13. The number of azo groups is 1. The van der Waals surface area contributed by atoms with E-state index in [-0.39, 0.29) is 52.3 Å². The van der Waals surface area contributed by atoms with E-state index in [2.05, 4.69) is 10.2 Å². The predicted molar refractivity (Wildman–Crippen MR) is 116 cm³/mol. The van der Waals surface area contributed by atoms with Gasteiger partial charge in [-0.05, 0) is 56.9 Å². The Morgan fingerprint density at radius 1 is 0.968 bits per heavy atom. The SMILES string of the molecule is CCC(CC)N1C(=O)c2cccc(N=Nc3c([O-])n(CC)c(=S)n(CC)c3=O)c2C1=O. The van der Waals surface area contributed by atoms with Crippen molar-refractivity contribution < 1.29 is 14.7 Å². The number of hydrogen-bond acceptors (Lipinski definition) is 7. The van der Waals surface area contributed by atoms with Crippen LogP contribution >= 0.6 is 12.2 Å². The Morgan fingerprint density at radius 3 is 2.19 bits per heavy atom. The number of fused-ring (bicyclic) bond motifs is 1. The Bertz CT molecular complexity index is 1190. The number of hydrogen-bond donors (Lipinski definition) is 0. The molecule has 0 radical (unpaired) electrons. The third-order valence-electron chi connectivity index (χ3n) is 5.48. The Labute approximate surface area is 184 Å². The van der Waals surface area contributed by atoms with Gasteiger partial charge in [0.05, 0.1) is 16.8 Å². The zero-order valence-corrected chi connectivity index (χ0v) is 18.7. The fourth-order valence-electron chi connectivity index (χ4n) is 3.77. The summed E-state index contributed by atoms with van der Waals surface area (Å²) >= 11 is 5.22. The maximum atomic E-state index is 13.0. The molecule has 2 amide bonds. The van der Waals surface area contributed by atoms with E-state index >= 15 is 0 Å². The van der Waals surface area contributed by atoms with Crippen LogP contribution in [0.4, 0.5) is 11.4 Å². The summed E-state index contributed by atoms with van der Waals surface area (Å²) in [6.07, 6.45) is 1.28. The highest BCUT2D eigenvalue weighted by atomic mass is 32.1. The molecule has 1 aliphatic rings. The van der Waals surface area contributed by atoms with Crippen LogP contribution in [-0.4, -0.2) is 31.9 Å². The van der Waals surface area contributed by atoms with Crippen LogP contribution in [0.15, 0.2) is 33.2 Å². The number of aromatic nitrogens is 2. The van der Waals surface area contributed by atoms with Gasteiger partial charge in [-0.25, -0.2) is 0 Å². The number of carbonyl (C=O) groups excluding carboxylic acids is 2. The van der Waals surface area contributed by atoms with E-state index in [4.69, 9.17) is 12.2 Å². The minimum Gasteiger partial charge on any atom is -0.858 e. The Kier molecular flexibility index (Phi) is 6.49. The normalized spacial score (nSPS) is 13.6. The first-order valence-corrected chi connectivity index (χ1v) is 10.7. The summed E-state index contributed by atoms with van der Waals surface area (Å²) < 4.78 is 2.67. The van der Waals surface area contributed by atoms with E-state index < -0.39 is 17.3 Å². The van der Waals surface area contributed by atoms with Crippen LogP contribution in [0.2, 0.25) is 0 Å². The molecule has 0 bridgehead atoms. The second-order valence-corrected chi connectivity index (χ2v) is 7.45. The molecule has 1 aromatic heterocycles. The smallest absolute Gasteiger partial charge is 0.281 e. The molecule has 31 heavy (non-hydrogen) atoms. The van der Waals surface area contributed by atoms with E-state index in [1.807, 2.05) is 13.8 Å². The van der Waals surface area contributed by atoms with Crippen LogP contribution in [0.25, 0.3) is 0 Å². The van der Waals surface area contributed by atoms with E-state index in [0.29, 0.717) is 12.8 Å².